The molecule has 34 heavy (non-hydrogen) atoms. The number of nitrogens with zero attached hydrogens (tertiary/aromatic N) is 4. The molecule has 3 aromatic rings. The predicted octanol–water partition coefficient (Wildman–Crippen LogP) is 6.04. The predicted molar refractivity (Wildman–Crippen MR) is 139 cm³/mol. The minimum absolute atomic E-state index is 0.149. The summed E-state index contributed by atoms with van der Waals surface area (Å²) in [5.74, 6) is 1.87. The Hall–Kier alpha value is -2.89. The summed E-state index contributed by atoms with van der Waals surface area (Å²) in [6.45, 7) is 11.0. The highest BCUT2D eigenvalue weighted by Gasteiger charge is 2.25. The Kier molecular flexibility index (Phi) is 7.54. The third-order valence-electron chi connectivity index (χ3n) is 6.07. The maximum atomic E-state index is 12.8. The Labute approximate surface area is 209 Å². The van der Waals surface area contributed by atoms with Crippen LogP contribution in [0.5, 0.6) is 0 Å². The van der Waals surface area contributed by atoms with Crippen LogP contribution in [0.25, 0.3) is 11.4 Å². The average Bonchev–Trinajstić information content (AvgIpc) is 3.37. The highest BCUT2D eigenvalue weighted by Crippen LogP contribution is 2.39. The van der Waals surface area contributed by atoms with Gasteiger partial charge in [0.15, 0.2) is 11.0 Å². The van der Waals surface area contributed by atoms with E-state index >= 15 is 0 Å². The molecule has 2 heterocycles. The van der Waals surface area contributed by atoms with Crippen molar-refractivity contribution >= 4 is 34.0 Å². The van der Waals surface area contributed by atoms with E-state index in [0.717, 1.165) is 36.2 Å². The Morgan fingerprint density at radius 3 is 2.82 bits per heavy atom. The smallest absolute Gasteiger partial charge is 0.235 e. The van der Waals surface area contributed by atoms with Crippen molar-refractivity contribution in [3.8, 4) is 17.5 Å². The normalized spacial score (nSPS) is 15.1. The summed E-state index contributed by atoms with van der Waals surface area (Å²) in [6.07, 6.45) is 4.77. The molecule has 0 aliphatic heterocycles. The van der Waals surface area contributed by atoms with Gasteiger partial charge in [0.1, 0.15) is 11.1 Å². The highest BCUT2D eigenvalue weighted by atomic mass is 32.2. The fraction of sp³-hybridized carbons (Fsp3) is 0.385. The number of nitriles is 1. The highest BCUT2D eigenvalue weighted by molar-refractivity contribution is 7.99. The molecule has 1 atom stereocenters. The second kappa shape index (κ2) is 10.6. The van der Waals surface area contributed by atoms with Crippen LogP contribution in [0.3, 0.4) is 0 Å². The number of hydrogen-bond acceptors (Lipinski definition) is 6. The number of aromatic nitrogens is 3. The Balaban J connectivity index is 1.47. The molecular weight excluding hydrogens is 462 g/mol. The van der Waals surface area contributed by atoms with Gasteiger partial charge in [0.25, 0.3) is 0 Å². The first-order chi connectivity index (χ1) is 16.4. The largest absolute Gasteiger partial charge is 0.316 e. The number of amides is 1. The molecule has 1 aliphatic carbocycles. The Bertz CT molecular complexity index is 1230. The van der Waals surface area contributed by atoms with Gasteiger partial charge in [-0.1, -0.05) is 62.9 Å². The van der Waals surface area contributed by atoms with Gasteiger partial charge >= 0.3 is 0 Å². The molecule has 1 unspecified atom stereocenters. The third-order valence-corrected chi connectivity index (χ3v) is 8.21. The lowest BCUT2D eigenvalue weighted by Crippen LogP contribution is -2.15. The molecule has 6 nitrogen and oxygen atoms in total. The summed E-state index contributed by atoms with van der Waals surface area (Å²) in [5, 5.41) is 22.7. The Morgan fingerprint density at radius 1 is 1.38 bits per heavy atom. The zero-order chi connectivity index (χ0) is 24.2. The van der Waals surface area contributed by atoms with Crippen molar-refractivity contribution < 1.29 is 4.79 Å². The quantitative estimate of drug-likeness (QED) is 0.307. The van der Waals surface area contributed by atoms with Gasteiger partial charge in [0.2, 0.25) is 5.91 Å². The van der Waals surface area contributed by atoms with Gasteiger partial charge in [-0.3, -0.25) is 9.36 Å². The van der Waals surface area contributed by atoms with E-state index in [1.165, 1.54) is 22.2 Å². The van der Waals surface area contributed by atoms with E-state index in [1.807, 2.05) is 4.57 Å². The van der Waals surface area contributed by atoms with Gasteiger partial charge in [-0.15, -0.1) is 28.1 Å². The summed E-state index contributed by atoms with van der Waals surface area (Å²) in [6, 6.07) is 10.6. The van der Waals surface area contributed by atoms with E-state index in [0.29, 0.717) is 34.1 Å². The van der Waals surface area contributed by atoms with Crippen molar-refractivity contribution in [3.05, 3.63) is 58.5 Å². The number of benzene rings is 1. The molecular formula is C26H29N5OS2. The number of hydrogen-bond donors (Lipinski definition) is 1. The number of allylic oxidation sites excluding steroid dienone is 1. The number of carbonyl (C=O) groups excluding carboxylic acids is 1. The number of rotatable bonds is 8. The Morgan fingerprint density at radius 2 is 2.15 bits per heavy atom. The van der Waals surface area contributed by atoms with Crippen LogP contribution in [-0.4, -0.2) is 26.4 Å². The number of thiophene rings is 1. The van der Waals surface area contributed by atoms with Gasteiger partial charge in [0.05, 0.1) is 11.3 Å². The molecule has 0 fully saturated rings. The first kappa shape index (κ1) is 24.2. The lowest BCUT2D eigenvalue weighted by atomic mass is 9.89. The van der Waals surface area contributed by atoms with Crippen molar-refractivity contribution in [2.45, 2.75) is 57.7 Å². The molecule has 0 radical (unpaired) electrons. The fourth-order valence-electron chi connectivity index (χ4n) is 4.17. The first-order valence-electron chi connectivity index (χ1n) is 11.5. The van der Waals surface area contributed by atoms with Crippen LogP contribution in [-0.2, 0) is 24.2 Å². The summed E-state index contributed by atoms with van der Waals surface area (Å²) < 4.78 is 1.97. The van der Waals surface area contributed by atoms with Crippen LogP contribution in [0.1, 0.15) is 54.7 Å². The lowest BCUT2D eigenvalue weighted by Gasteiger charge is -2.17. The molecule has 4 rings (SSSR count). The minimum atomic E-state index is -0.149. The van der Waals surface area contributed by atoms with Crippen molar-refractivity contribution in [2.24, 2.45) is 5.92 Å². The molecule has 0 bridgehead atoms. The van der Waals surface area contributed by atoms with Gasteiger partial charge < -0.3 is 5.32 Å². The van der Waals surface area contributed by atoms with Crippen molar-refractivity contribution in [3.63, 3.8) is 0 Å². The molecule has 8 heteroatoms. The second-order valence-corrected chi connectivity index (χ2v) is 11.0. The molecule has 0 spiro atoms. The molecule has 1 N–H and O–H groups in total. The van der Waals surface area contributed by atoms with Gasteiger partial charge in [-0.2, -0.15) is 5.26 Å². The SMILES string of the molecule is C=CCn1c(SCC(=O)Nc2sc3c(c2C#N)CCC(C)C3)nnc1-c1ccc(C(C)C)cc1. The van der Waals surface area contributed by atoms with E-state index in [4.69, 9.17) is 0 Å². The average molecular weight is 492 g/mol. The number of anilines is 1. The van der Waals surface area contributed by atoms with Crippen LogP contribution in [0, 0.1) is 17.2 Å². The zero-order valence-corrected chi connectivity index (χ0v) is 21.4. The van der Waals surface area contributed by atoms with E-state index in [-0.39, 0.29) is 11.7 Å². The van der Waals surface area contributed by atoms with E-state index in [1.54, 1.807) is 17.4 Å². The summed E-state index contributed by atoms with van der Waals surface area (Å²) in [4.78, 5) is 14.0. The van der Waals surface area contributed by atoms with Crippen LogP contribution < -0.4 is 5.32 Å². The number of fused-ring (bicyclic) bond motifs is 1. The van der Waals surface area contributed by atoms with Crippen LogP contribution in [0.4, 0.5) is 5.00 Å². The second-order valence-electron chi connectivity index (χ2n) is 8.99. The van der Waals surface area contributed by atoms with Crippen LogP contribution >= 0.6 is 23.1 Å². The lowest BCUT2D eigenvalue weighted by molar-refractivity contribution is -0.113. The maximum absolute atomic E-state index is 12.8. The molecule has 1 amide bonds. The molecule has 0 saturated carbocycles. The first-order valence-corrected chi connectivity index (χ1v) is 13.3. The molecule has 1 aliphatic rings. The molecule has 0 saturated heterocycles. The van der Waals surface area contributed by atoms with Crippen molar-refractivity contribution in [1.82, 2.24) is 14.8 Å². The number of thioether (sulfide) groups is 1. The van der Waals surface area contributed by atoms with E-state index < -0.39 is 0 Å². The van der Waals surface area contributed by atoms with E-state index in [9.17, 15) is 10.1 Å². The van der Waals surface area contributed by atoms with Gasteiger partial charge in [-0.25, -0.2) is 0 Å². The van der Waals surface area contributed by atoms with Crippen LogP contribution in [0.15, 0.2) is 42.1 Å². The van der Waals surface area contributed by atoms with Crippen molar-refractivity contribution in [2.75, 3.05) is 11.1 Å². The number of nitrogens with one attached hydrogen (secondary N) is 1. The maximum Gasteiger partial charge on any atom is 0.235 e. The summed E-state index contributed by atoms with van der Waals surface area (Å²) in [5.41, 5.74) is 4.00. The fourth-order valence-corrected chi connectivity index (χ4v) is 6.29. The topological polar surface area (TPSA) is 83.6 Å². The third kappa shape index (κ3) is 5.11. The minimum Gasteiger partial charge on any atom is -0.316 e. The molecule has 176 valence electrons. The van der Waals surface area contributed by atoms with Crippen LogP contribution in [0.2, 0.25) is 0 Å². The van der Waals surface area contributed by atoms with Crippen molar-refractivity contribution in [1.29, 1.82) is 5.26 Å². The van der Waals surface area contributed by atoms with Gasteiger partial charge in [0, 0.05) is 17.0 Å². The van der Waals surface area contributed by atoms with Gasteiger partial charge in [-0.05, 0) is 42.2 Å². The molecule has 2 aromatic heterocycles. The summed E-state index contributed by atoms with van der Waals surface area (Å²) >= 11 is 2.88. The van der Waals surface area contributed by atoms with E-state index in [2.05, 4.69) is 73.2 Å². The zero-order valence-electron chi connectivity index (χ0n) is 19.8. The molecule has 1 aromatic carbocycles. The number of carbonyl (C=O) groups is 1. The standard InChI is InChI=1S/C26H29N5OS2/c1-5-12-31-24(19-9-7-18(8-10-19)16(2)3)29-30-26(31)33-15-23(32)28-25-21(14-27)20-11-6-17(4)13-22(20)34-25/h5,7-10,16-17H,1,6,11-13,15H2,2-4H3,(H,28,32). The monoisotopic (exact) mass is 491 g/mol. The summed E-state index contributed by atoms with van der Waals surface area (Å²) in [7, 11) is 0.